The van der Waals surface area contributed by atoms with Crippen LogP contribution in [0.1, 0.15) is 47.5 Å². The van der Waals surface area contributed by atoms with Gasteiger partial charge in [-0.2, -0.15) is 5.10 Å². The Labute approximate surface area is 187 Å². The van der Waals surface area contributed by atoms with Gasteiger partial charge >= 0.3 is 5.97 Å². The average molecular weight is 464 g/mol. The predicted octanol–water partition coefficient (Wildman–Crippen LogP) is 1.41. The Balaban J connectivity index is 1.33. The summed E-state index contributed by atoms with van der Waals surface area (Å²) < 4.78 is 32.1. The molecule has 0 aromatic carbocycles. The van der Waals surface area contributed by atoms with Crippen molar-refractivity contribution in [1.29, 1.82) is 0 Å². The molecule has 4 rings (SSSR count). The van der Waals surface area contributed by atoms with E-state index in [1.54, 1.807) is 16.8 Å². The van der Waals surface area contributed by atoms with Crippen molar-refractivity contribution in [2.45, 2.75) is 38.3 Å². The van der Waals surface area contributed by atoms with E-state index in [0.29, 0.717) is 17.9 Å². The molecule has 32 heavy (non-hydrogen) atoms. The van der Waals surface area contributed by atoms with Crippen LogP contribution in [-0.2, 0) is 19.4 Å². The van der Waals surface area contributed by atoms with E-state index in [1.165, 1.54) is 7.11 Å². The number of likely N-dealkylation sites (tertiary alicyclic amines) is 1. The molecule has 11 heteroatoms. The van der Waals surface area contributed by atoms with Crippen LogP contribution in [0.3, 0.4) is 0 Å². The number of carbonyl (C=O) groups is 2. The van der Waals surface area contributed by atoms with Crippen LogP contribution in [0.2, 0.25) is 0 Å². The molecule has 0 saturated carbocycles. The first-order valence-electron chi connectivity index (χ1n) is 10.8. The van der Waals surface area contributed by atoms with E-state index in [4.69, 9.17) is 4.74 Å². The number of aryl methyl sites for hydroxylation is 1. The lowest BCUT2D eigenvalue weighted by molar-refractivity contribution is -0.117. The number of esters is 1. The van der Waals surface area contributed by atoms with Crippen molar-refractivity contribution >= 4 is 27.5 Å². The SMILES string of the molecule is COC(=O)c1cccn1C1CCN(CC(=O)Nc2cc(C)nn2C2CCS(=O)(=O)C2)CC1. The first kappa shape index (κ1) is 22.5. The molecule has 2 aromatic rings. The van der Waals surface area contributed by atoms with Gasteiger partial charge in [-0.25, -0.2) is 17.9 Å². The van der Waals surface area contributed by atoms with Gasteiger partial charge in [0, 0.05) is 31.4 Å². The Kier molecular flexibility index (Phi) is 6.38. The van der Waals surface area contributed by atoms with Crippen LogP contribution >= 0.6 is 0 Å². The van der Waals surface area contributed by atoms with Crippen molar-refractivity contribution in [3.8, 4) is 0 Å². The second-order valence-corrected chi connectivity index (χ2v) is 10.7. The minimum atomic E-state index is -3.05. The van der Waals surface area contributed by atoms with Gasteiger partial charge in [-0.05, 0) is 38.3 Å². The predicted molar refractivity (Wildman–Crippen MR) is 118 cm³/mol. The maximum absolute atomic E-state index is 12.7. The maximum Gasteiger partial charge on any atom is 0.354 e. The molecule has 0 radical (unpaired) electrons. The second kappa shape index (κ2) is 9.07. The molecule has 10 nitrogen and oxygen atoms in total. The highest BCUT2D eigenvalue weighted by Gasteiger charge is 2.31. The fourth-order valence-electron chi connectivity index (χ4n) is 4.59. The number of piperidine rings is 1. The largest absolute Gasteiger partial charge is 0.464 e. The fourth-order valence-corrected chi connectivity index (χ4v) is 6.28. The van der Waals surface area contributed by atoms with Gasteiger partial charge in [0.2, 0.25) is 5.91 Å². The maximum atomic E-state index is 12.7. The molecule has 0 spiro atoms. The highest BCUT2D eigenvalue weighted by Crippen LogP contribution is 2.28. The second-order valence-electron chi connectivity index (χ2n) is 8.52. The lowest BCUT2D eigenvalue weighted by atomic mass is 10.0. The Morgan fingerprint density at radius 3 is 2.62 bits per heavy atom. The zero-order valence-corrected chi connectivity index (χ0v) is 19.2. The van der Waals surface area contributed by atoms with Gasteiger partial charge in [0.25, 0.3) is 0 Å². The van der Waals surface area contributed by atoms with Gasteiger partial charge in [-0.3, -0.25) is 9.69 Å². The summed E-state index contributed by atoms with van der Waals surface area (Å²) in [6.07, 6.45) is 4.05. The van der Waals surface area contributed by atoms with Crippen molar-refractivity contribution in [1.82, 2.24) is 19.2 Å². The molecule has 4 heterocycles. The zero-order chi connectivity index (χ0) is 22.9. The summed E-state index contributed by atoms with van der Waals surface area (Å²) >= 11 is 0. The van der Waals surface area contributed by atoms with Crippen molar-refractivity contribution in [3.63, 3.8) is 0 Å². The van der Waals surface area contributed by atoms with Crippen LogP contribution in [0.25, 0.3) is 0 Å². The molecule has 1 unspecified atom stereocenters. The van der Waals surface area contributed by atoms with Crippen LogP contribution in [0, 0.1) is 6.92 Å². The highest BCUT2D eigenvalue weighted by atomic mass is 32.2. The lowest BCUT2D eigenvalue weighted by Crippen LogP contribution is -2.40. The Morgan fingerprint density at radius 2 is 1.97 bits per heavy atom. The molecule has 0 aliphatic carbocycles. The van der Waals surface area contributed by atoms with E-state index in [1.807, 2.05) is 23.8 Å². The molecule has 2 aromatic heterocycles. The van der Waals surface area contributed by atoms with E-state index in [0.717, 1.165) is 31.6 Å². The van der Waals surface area contributed by atoms with E-state index in [9.17, 15) is 18.0 Å². The number of amides is 1. The highest BCUT2D eigenvalue weighted by molar-refractivity contribution is 7.91. The Morgan fingerprint density at radius 1 is 1.22 bits per heavy atom. The third-order valence-electron chi connectivity index (χ3n) is 6.17. The topological polar surface area (TPSA) is 116 Å². The van der Waals surface area contributed by atoms with Gasteiger partial charge < -0.3 is 14.6 Å². The van der Waals surface area contributed by atoms with E-state index < -0.39 is 9.84 Å². The average Bonchev–Trinajstić information content (AvgIpc) is 3.46. The van der Waals surface area contributed by atoms with Crippen molar-refractivity contribution in [2.75, 3.05) is 43.6 Å². The summed E-state index contributed by atoms with van der Waals surface area (Å²) in [6, 6.07) is 5.31. The first-order chi connectivity index (χ1) is 15.3. The molecule has 2 saturated heterocycles. The molecule has 174 valence electrons. The molecule has 2 aliphatic heterocycles. The van der Waals surface area contributed by atoms with Gasteiger partial charge in [0.1, 0.15) is 11.5 Å². The third-order valence-corrected chi connectivity index (χ3v) is 7.92. The summed E-state index contributed by atoms with van der Waals surface area (Å²) in [4.78, 5) is 26.7. The summed E-state index contributed by atoms with van der Waals surface area (Å²) in [7, 11) is -1.67. The van der Waals surface area contributed by atoms with Crippen LogP contribution in [-0.4, -0.2) is 77.8 Å². The van der Waals surface area contributed by atoms with Crippen molar-refractivity contribution in [2.24, 2.45) is 0 Å². The number of aromatic nitrogens is 3. The van der Waals surface area contributed by atoms with E-state index >= 15 is 0 Å². The number of rotatable bonds is 6. The molecule has 1 N–H and O–H groups in total. The molecular formula is C21H29N5O5S. The van der Waals surface area contributed by atoms with Crippen LogP contribution in [0.15, 0.2) is 24.4 Å². The van der Waals surface area contributed by atoms with Crippen LogP contribution in [0.4, 0.5) is 5.82 Å². The van der Waals surface area contributed by atoms with E-state index in [-0.39, 0.29) is 42.0 Å². The van der Waals surface area contributed by atoms with Crippen molar-refractivity contribution < 1.29 is 22.7 Å². The molecule has 2 fully saturated rings. The molecule has 1 atom stereocenters. The lowest BCUT2D eigenvalue weighted by Gasteiger charge is -2.32. The van der Waals surface area contributed by atoms with Gasteiger partial charge in [0.05, 0.1) is 36.9 Å². The molecule has 1 amide bonds. The van der Waals surface area contributed by atoms with Crippen molar-refractivity contribution in [3.05, 3.63) is 35.8 Å². The standard InChI is InChI=1S/C21H29N5O5S/c1-15-12-19(26(23-15)17-7-11-32(29,30)14-17)22-20(27)13-24-9-5-16(6-10-24)25-8-3-4-18(25)21(28)31-2/h3-4,8,12,16-17H,5-7,9-11,13-14H2,1-2H3,(H,22,27). The number of sulfone groups is 1. The number of carbonyl (C=O) groups excluding carboxylic acids is 2. The summed E-state index contributed by atoms with van der Waals surface area (Å²) in [5.74, 6) is 0.245. The van der Waals surface area contributed by atoms with Gasteiger partial charge in [-0.1, -0.05) is 0 Å². The Hall–Kier alpha value is -2.66. The van der Waals surface area contributed by atoms with Crippen LogP contribution < -0.4 is 5.32 Å². The number of hydrogen-bond donors (Lipinski definition) is 1. The van der Waals surface area contributed by atoms with Crippen LogP contribution in [0.5, 0.6) is 0 Å². The molecule has 2 aliphatic rings. The number of nitrogens with one attached hydrogen (secondary N) is 1. The number of ether oxygens (including phenoxy) is 1. The van der Waals surface area contributed by atoms with Gasteiger partial charge in [-0.15, -0.1) is 0 Å². The fraction of sp³-hybridized carbons (Fsp3) is 0.571. The Bertz CT molecular complexity index is 1100. The first-order valence-corrected chi connectivity index (χ1v) is 12.6. The number of anilines is 1. The van der Waals surface area contributed by atoms with Gasteiger partial charge in [0.15, 0.2) is 9.84 Å². The number of methoxy groups -OCH3 is 1. The monoisotopic (exact) mass is 463 g/mol. The smallest absolute Gasteiger partial charge is 0.354 e. The third kappa shape index (κ3) is 4.88. The number of nitrogens with zero attached hydrogens (tertiary/aromatic N) is 4. The zero-order valence-electron chi connectivity index (χ0n) is 18.4. The summed E-state index contributed by atoms with van der Waals surface area (Å²) in [5.41, 5.74) is 1.28. The summed E-state index contributed by atoms with van der Waals surface area (Å²) in [6.45, 7) is 3.53. The van der Waals surface area contributed by atoms with E-state index in [2.05, 4.69) is 15.3 Å². The minimum Gasteiger partial charge on any atom is -0.464 e. The quantitative estimate of drug-likeness (QED) is 0.644. The summed E-state index contributed by atoms with van der Waals surface area (Å²) in [5, 5.41) is 7.32. The molecule has 0 bridgehead atoms. The normalized spacial score (nSPS) is 21.5. The molecular weight excluding hydrogens is 434 g/mol. The number of hydrogen-bond acceptors (Lipinski definition) is 7. The minimum absolute atomic E-state index is 0.0530.